The Morgan fingerprint density at radius 2 is 1.58 bits per heavy atom. The van der Waals surface area contributed by atoms with Crippen LogP contribution in [0.2, 0.25) is 0 Å². The number of methoxy groups -OCH3 is 1. The Morgan fingerprint density at radius 1 is 0.958 bits per heavy atom. The van der Waals surface area contributed by atoms with E-state index in [9.17, 15) is 9.59 Å². The minimum absolute atomic E-state index is 0.173. The summed E-state index contributed by atoms with van der Waals surface area (Å²) in [5.74, 6) is -0.125. The Labute approximate surface area is 145 Å². The number of carbonyl (C=O) groups is 2. The largest absolute Gasteiger partial charge is 0.465 e. The quantitative estimate of drug-likeness (QED) is 0.483. The fourth-order valence-electron chi connectivity index (χ4n) is 1.94. The zero-order valence-electron chi connectivity index (χ0n) is 13.6. The first-order chi connectivity index (χ1) is 11.4. The van der Waals surface area contributed by atoms with E-state index in [-0.39, 0.29) is 5.78 Å². The second kappa shape index (κ2) is 7.70. The van der Waals surface area contributed by atoms with Gasteiger partial charge in [0, 0.05) is 25.2 Å². The van der Waals surface area contributed by atoms with Crippen LogP contribution in [0.3, 0.4) is 0 Å². The standard InChI is InChI=1S/C18H17NO4S/c1-19(2)18(24)23-15-6-4-5-14(11-15)16(20)12-7-9-13(10-8-12)17(21)22-3/h4-11H,1-3H3. The van der Waals surface area contributed by atoms with E-state index in [1.165, 1.54) is 7.11 Å². The summed E-state index contributed by atoms with van der Waals surface area (Å²) in [6, 6.07) is 13.1. The summed E-state index contributed by atoms with van der Waals surface area (Å²) < 4.78 is 10.1. The van der Waals surface area contributed by atoms with Crippen molar-refractivity contribution in [2.75, 3.05) is 21.2 Å². The molecule has 6 heteroatoms. The smallest absolute Gasteiger partial charge is 0.337 e. The van der Waals surface area contributed by atoms with E-state index in [0.717, 1.165) is 0 Å². The predicted octanol–water partition coefficient (Wildman–Crippen LogP) is 2.93. The van der Waals surface area contributed by atoms with Gasteiger partial charge in [0.25, 0.3) is 5.17 Å². The van der Waals surface area contributed by atoms with E-state index in [1.54, 1.807) is 67.5 Å². The molecule has 2 aromatic carbocycles. The molecule has 0 unspecified atom stereocenters. The highest BCUT2D eigenvalue weighted by molar-refractivity contribution is 7.80. The number of hydrogen-bond donors (Lipinski definition) is 0. The lowest BCUT2D eigenvalue weighted by Crippen LogP contribution is -2.25. The average Bonchev–Trinajstić information content (AvgIpc) is 2.60. The van der Waals surface area contributed by atoms with Crippen LogP contribution in [0.25, 0.3) is 0 Å². The lowest BCUT2D eigenvalue weighted by Gasteiger charge is -2.14. The van der Waals surface area contributed by atoms with E-state index < -0.39 is 5.97 Å². The number of esters is 1. The lowest BCUT2D eigenvalue weighted by atomic mass is 10.0. The van der Waals surface area contributed by atoms with Crippen LogP contribution in [0.4, 0.5) is 0 Å². The Balaban J connectivity index is 2.20. The van der Waals surface area contributed by atoms with Crippen LogP contribution in [0.5, 0.6) is 5.75 Å². The molecular formula is C18H17NO4S. The Bertz CT molecular complexity index is 769. The molecule has 0 aliphatic heterocycles. The second-order valence-corrected chi connectivity index (χ2v) is 5.54. The van der Waals surface area contributed by atoms with Crippen molar-refractivity contribution in [1.82, 2.24) is 4.90 Å². The number of rotatable bonds is 4. The van der Waals surface area contributed by atoms with Crippen molar-refractivity contribution in [3.05, 3.63) is 65.2 Å². The molecule has 0 fully saturated rings. The molecule has 24 heavy (non-hydrogen) atoms. The maximum atomic E-state index is 12.6. The van der Waals surface area contributed by atoms with Gasteiger partial charge in [0.05, 0.1) is 12.7 Å². The summed E-state index contributed by atoms with van der Waals surface area (Å²) in [5, 5.41) is 0.307. The van der Waals surface area contributed by atoms with Gasteiger partial charge in [-0.1, -0.05) is 24.3 Å². The Morgan fingerprint density at radius 3 is 2.17 bits per heavy atom. The monoisotopic (exact) mass is 343 g/mol. The number of ketones is 1. The number of thiocarbonyl (C=S) groups is 1. The van der Waals surface area contributed by atoms with Gasteiger partial charge in [-0.3, -0.25) is 4.79 Å². The highest BCUT2D eigenvalue weighted by Gasteiger charge is 2.12. The van der Waals surface area contributed by atoms with Crippen molar-refractivity contribution in [2.24, 2.45) is 0 Å². The number of nitrogens with zero attached hydrogens (tertiary/aromatic N) is 1. The van der Waals surface area contributed by atoms with Crippen LogP contribution in [-0.4, -0.2) is 43.0 Å². The van der Waals surface area contributed by atoms with Gasteiger partial charge in [0.1, 0.15) is 5.75 Å². The predicted molar refractivity (Wildman–Crippen MR) is 94.6 cm³/mol. The molecule has 0 aliphatic rings. The summed E-state index contributed by atoms with van der Waals surface area (Å²) in [6.45, 7) is 0. The van der Waals surface area contributed by atoms with Gasteiger partial charge in [0.15, 0.2) is 5.78 Å². The van der Waals surface area contributed by atoms with Gasteiger partial charge in [-0.2, -0.15) is 0 Å². The third kappa shape index (κ3) is 4.17. The topological polar surface area (TPSA) is 55.8 Å². The number of hydrogen-bond acceptors (Lipinski definition) is 5. The van der Waals surface area contributed by atoms with Crippen LogP contribution in [0.1, 0.15) is 26.3 Å². The maximum absolute atomic E-state index is 12.6. The van der Waals surface area contributed by atoms with Gasteiger partial charge in [-0.05, 0) is 36.5 Å². The van der Waals surface area contributed by atoms with Gasteiger partial charge in [-0.15, -0.1) is 0 Å². The summed E-state index contributed by atoms with van der Waals surface area (Å²) in [5.41, 5.74) is 1.33. The van der Waals surface area contributed by atoms with Crippen molar-refractivity contribution in [1.29, 1.82) is 0 Å². The summed E-state index contributed by atoms with van der Waals surface area (Å²) in [4.78, 5) is 25.6. The fourth-order valence-corrected chi connectivity index (χ4v) is 2.03. The van der Waals surface area contributed by atoms with E-state index in [2.05, 4.69) is 4.74 Å². The molecule has 0 N–H and O–H groups in total. The van der Waals surface area contributed by atoms with Gasteiger partial charge >= 0.3 is 5.97 Å². The zero-order chi connectivity index (χ0) is 17.7. The van der Waals surface area contributed by atoms with Crippen LogP contribution < -0.4 is 4.74 Å². The second-order valence-electron chi connectivity index (χ2n) is 5.19. The number of carbonyl (C=O) groups excluding carboxylic acids is 2. The van der Waals surface area contributed by atoms with Crippen molar-refractivity contribution >= 4 is 29.1 Å². The third-order valence-electron chi connectivity index (χ3n) is 3.23. The number of ether oxygens (including phenoxy) is 2. The van der Waals surface area contributed by atoms with Crippen LogP contribution >= 0.6 is 12.2 Å². The van der Waals surface area contributed by atoms with Gasteiger partial charge < -0.3 is 14.4 Å². The van der Waals surface area contributed by atoms with Crippen molar-refractivity contribution in [3.63, 3.8) is 0 Å². The summed E-state index contributed by atoms with van der Waals surface area (Å²) in [6.07, 6.45) is 0. The highest BCUT2D eigenvalue weighted by atomic mass is 32.1. The molecule has 2 rings (SSSR count). The van der Waals surface area contributed by atoms with E-state index in [0.29, 0.717) is 27.6 Å². The number of benzene rings is 2. The molecule has 0 saturated carbocycles. The van der Waals surface area contributed by atoms with E-state index in [1.807, 2.05) is 0 Å². The summed E-state index contributed by atoms with van der Waals surface area (Å²) >= 11 is 5.09. The first kappa shape index (κ1) is 17.6. The molecular weight excluding hydrogens is 326 g/mol. The van der Waals surface area contributed by atoms with Crippen LogP contribution in [0, 0.1) is 0 Å². The first-order valence-electron chi connectivity index (χ1n) is 7.14. The molecule has 0 bridgehead atoms. The Hall–Kier alpha value is -2.73. The van der Waals surface area contributed by atoms with Crippen molar-refractivity contribution < 1.29 is 19.1 Å². The molecule has 0 saturated heterocycles. The van der Waals surface area contributed by atoms with Crippen LogP contribution in [-0.2, 0) is 4.74 Å². The molecule has 2 aromatic rings. The average molecular weight is 343 g/mol. The molecule has 0 spiro atoms. The van der Waals surface area contributed by atoms with E-state index >= 15 is 0 Å². The molecule has 124 valence electrons. The molecule has 5 nitrogen and oxygen atoms in total. The fraction of sp³-hybridized carbons (Fsp3) is 0.167. The normalized spacial score (nSPS) is 9.96. The molecule has 0 aromatic heterocycles. The molecule has 0 heterocycles. The molecule has 0 aliphatic carbocycles. The van der Waals surface area contributed by atoms with Gasteiger partial charge in [0.2, 0.25) is 0 Å². The maximum Gasteiger partial charge on any atom is 0.337 e. The minimum atomic E-state index is -0.443. The van der Waals surface area contributed by atoms with E-state index in [4.69, 9.17) is 17.0 Å². The molecule has 0 radical (unpaired) electrons. The first-order valence-corrected chi connectivity index (χ1v) is 7.55. The third-order valence-corrected chi connectivity index (χ3v) is 3.68. The zero-order valence-corrected chi connectivity index (χ0v) is 14.4. The van der Waals surface area contributed by atoms with Crippen molar-refractivity contribution in [3.8, 4) is 5.75 Å². The summed E-state index contributed by atoms with van der Waals surface area (Å²) in [7, 11) is 4.87. The van der Waals surface area contributed by atoms with Gasteiger partial charge in [-0.25, -0.2) is 4.79 Å². The Kier molecular flexibility index (Phi) is 5.65. The minimum Gasteiger partial charge on any atom is -0.465 e. The lowest BCUT2D eigenvalue weighted by molar-refractivity contribution is 0.0600. The van der Waals surface area contributed by atoms with Crippen molar-refractivity contribution in [2.45, 2.75) is 0 Å². The molecule has 0 atom stereocenters. The highest BCUT2D eigenvalue weighted by Crippen LogP contribution is 2.18. The molecule has 0 amide bonds. The van der Waals surface area contributed by atoms with Crippen LogP contribution in [0.15, 0.2) is 48.5 Å². The SMILES string of the molecule is COC(=O)c1ccc(C(=O)c2cccc(OC(=S)N(C)C)c2)cc1.